The maximum Gasteiger partial charge on any atom is 0.131 e. The van der Waals surface area contributed by atoms with Crippen molar-refractivity contribution < 1.29 is 18.6 Å². The molecule has 2 rings (SSSR count). The van der Waals surface area contributed by atoms with Gasteiger partial charge in [-0.25, -0.2) is 8.78 Å². The van der Waals surface area contributed by atoms with E-state index in [0.717, 1.165) is 11.8 Å². The lowest BCUT2D eigenvalue weighted by Crippen LogP contribution is -2.30. The summed E-state index contributed by atoms with van der Waals surface area (Å²) in [4.78, 5) is 1.88. The zero-order chi connectivity index (χ0) is 17.5. The molecule has 24 heavy (non-hydrogen) atoms. The van der Waals surface area contributed by atoms with E-state index in [2.05, 4.69) is 5.32 Å². The molecule has 0 saturated carbocycles. The van der Waals surface area contributed by atoms with Gasteiger partial charge in [-0.1, -0.05) is 6.07 Å². The van der Waals surface area contributed by atoms with Crippen molar-refractivity contribution in [3.05, 3.63) is 59.7 Å². The third-order valence-corrected chi connectivity index (χ3v) is 3.37. The summed E-state index contributed by atoms with van der Waals surface area (Å²) in [6.45, 7) is 1.00. The van der Waals surface area contributed by atoms with Crippen LogP contribution in [0.25, 0.3) is 0 Å². The van der Waals surface area contributed by atoms with Crippen LogP contribution in [0.4, 0.5) is 14.5 Å². The average molecular weight is 336 g/mol. The van der Waals surface area contributed by atoms with Crippen LogP contribution in [0.2, 0.25) is 0 Å². The number of ether oxygens (including phenoxy) is 1. The van der Waals surface area contributed by atoms with Gasteiger partial charge >= 0.3 is 0 Å². The van der Waals surface area contributed by atoms with E-state index in [4.69, 9.17) is 4.74 Å². The molecule has 0 aliphatic heterocycles. The highest BCUT2D eigenvalue weighted by Gasteiger charge is 2.07. The van der Waals surface area contributed by atoms with Crippen LogP contribution < -0.4 is 10.1 Å². The topological polar surface area (TPSA) is 44.7 Å². The molecule has 0 spiro atoms. The Bertz CT molecular complexity index is 648. The van der Waals surface area contributed by atoms with E-state index >= 15 is 0 Å². The summed E-state index contributed by atoms with van der Waals surface area (Å²) >= 11 is 0. The predicted molar refractivity (Wildman–Crippen MR) is 90.2 cm³/mol. The molecule has 4 nitrogen and oxygen atoms in total. The molecular weight excluding hydrogens is 314 g/mol. The molecule has 0 aliphatic carbocycles. The first-order valence-corrected chi connectivity index (χ1v) is 7.67. The molecule has 2 aromatic carbocycles. The van der Waals surface area contributed by atoms with E-state index in [9.17, 15) is 13.9 Å². The number of likely N-dealkylation sites (N-methyl/N-ethyl adjacent to an activating group) is 1. The van der Waals surface area contributed by atoms with Gasteiger partial charge in [0.1, 0.15) is 30.1 Å². The first kappa shape index (κ1) is 18.2. The Morgan fingerprint density at radius 1 is 1.12 bits per heavy atom. The number of nitrogens with zero attached hydrogens (tertiary/aromatic N) is 1. The molecule has 0 fully saturated rings. The van der Waals surface area contributed by atoms with Gasteiger partial charge in [0.2, 0.25) is 0 Å². The van der Waals surface area contributed by atoms with Gasteiger partial charge < -0.3 is 20.1 Å². The Morgan fingerprint density at radius 2 is 1.83 bits per heavy atom. The van der Waals surface area contributed by atoms with Gasteiger partial charge in [-0.3, -0.25) is 0 Å². The van der Waals surface area contributed by atoms with Crippen LogP contribution >= 0.6 is 0 Å². The monoisotopic (exact) mass is 336 g/mol. The first-order valence-electron chi connectivity index (χ1n) is 7.67. The second kappa shape index (κ2) is 8.61. The molecule has 6 heteroatoms. The second-order valence-electron chi connectivity index (χ2n) is 5.84. The SMILES string of the molecule is CN(C)CC(O)COc1ccc(NCc2ccc(F)cc2F)cc1. The van der Waals surface area contributed by atoms with E-state index in [1.165, 1.54) is 12.1 Å². The molecule has 0 radical (unpaired) electrons. The van der Waals surface area contributed by atoms with Crippen molar-refractivity contribution in [2.45, 2.75) is 12.6 Å². The minimum Gasteiger partial charge on any atom is -0.491 e. The Hall–Kier alpha value is -2.18. The molecule has 0 amide bonds. The van der Waals surface area contributed by atoms with E-state index in [1.807, 2.05) is 19.0 Å². The fourth-order valence-electron chi connectivity index (χ4n) is 2.20. The maximum atomic E-state index is 13.6. The van der Waals surface area contributed by atoms with E-state index in [-0.39, 0.29) is 13.2 Å². The lowest BCUT2D eigenvalue weighted by atomic mass is 10.2. The van der Waals surface area contributed by atoms with Crippen LogP contribution in [0.3, 0.4) is 0 Å². The number of rotatable bonds is 8. The van der Waals surface area contributed by atoms with Crippen LogP contribution in [0.15, 0.2) is 42.5 Å². The van der Waals surface area contributed by atoms with Crippen molar-refractivity contribution in [2.24, 2.45) is 0 Å². The molecular formula is C18H22F2N2O2. The molecule has 2 N–H and O–H groups in total. The minimum atomic E-state index is -0.589. The highest BCUT2D eigenvalue weighted by Crippen LogP contribution is 2.17. The molecule has 0 aromatic heterocycles. The van der Waals surface area contributed by atoms with Crippen LogP contribution in [0.5, 0.6) is 5.75 Å². The van der Waals surface area contributed by atoms with Gasteiger partial charge in [0.15, 0.2) is 0 Å². The van der Waals surface area contributed by atoms with Gasteiger partial charge in [-0.2, -0.15) is 0 Å². The van der Waals surface area contributed by atoms with Crippen molar-refractivity contribution in [3.8, 4) is 5.75 Å². The van der Waals surface area contributed by atoms with Gasteiger partial charge in [0.05, 0.1) is 0 Å². The molecule has 0 heterocycles. The van der Waals surface area contributed by atoms with Crippen molar-refractivity contribution >= 4 is 5.69 Å². The van der Waals surface area contributed by atoms with E-state index < -0.39 is 17.7 Å². The molecule has 1 atom stereocenters. The molecule has 1 unspecified atom stereocenters. The number of nitrogens with one attached hydrogen (secondary N) is 1. The largest absolute Gasteiger partial charge is 0.491 e. The highest BCUT2D eigenvalue weighted by molar-refractivity contribution is 5.46. The summed E-state index contributed by atoms with van der Waals surface area (Å²) in [6.07, 6.45) is -0.556. The lowest BCUT2D eigenvalue weighted by Gasteiger charge is -2.16. The Labute approximate surface area is 140 Å². The van der Waals surface area contributed by atoms with Crippen molar-refractivity contribution in [1.82, 2.24) is 4.90 Å². The molecule has 0 aliphatic rings. The Balaban J connectivity index is 1.83. The van der Waals surface area contributed by atoms with Crippen LogP contribution in [0, 0.1) is 11.6 Å². The summed E-state index contributed by atoms with van der Waals surface area (Å²) in [5.74, 6) is -0.516. The van der Waals surface area contributed by atoms with Gasteiger partial charge in [0, 0.05) is 30.4 Å². The maximum absolute atomic E-state index is 13.6. The van der Waals surface area contributed by atoms with Crippen molar-refractivity contribution in [2.75, 3.05) is 32.6 Å². The molecule has 130 valence electrons. The standard InChI is InChI=1S/C18H22F2N2O2/c1-22(2)11-16(23)12-24-17-7-5-15(6-8-17)21-10-13-3-4-14(19)9-18(13)20/h3-9,16,21,23H,10-12H2,1-2H3. The third kappa shape index (κ3) is 5.79. The minimum absolute atomic E-state index is 0.214. The number of hydrogen-bond donors (Lipinski definition) is 2. The third-order valence-electron chi connectivity index (χ3n) is 3.37. The smallest absolute Gasteiger partial charge is 0.131 e. The normalized spacial score (nSPS) is 12.2. The summed E-state index contributed by atoms with van der Waals surface area (Å²) in [6, 6.07) is 10.7. The fraction of sp³-hybridized carbons (Fsp3) is 0.333. The second-order valence-corrected chi connectivity index (χ2v) is 5.84. The first-order chi connectivity index (χ1) is 11.4. The number of aliphatic hydroxyl groups is 1. The van der Waals surface area contributed by atoms with Crippen molar-refractivity contribution in [1.29, 1.82) is 0 Å². The quantitative estimate of drug-likeness (QED) is 0.778. The number of benzene rings is 2. The fourth-order valence-corrected chi connectivity index (χ4v) is 2.20. The summed E-state index contributed by atoms with van der Waals surface area (Å²) < 4.78 is 31.9. The number of anilines is 1. The van der Waals surface area contributed by atoms with Crippen molar-refractivity contribution in [3.63, 3.8) is 0 Å². The van der Waals surface area contributed by atoms with Crippen LogP contribution in [-0.2, 0) is 6.54 Å². The lowest BCUT2D eigenvalue weighted by molar-refractivity contribution is 0.0831. The zero-order valence-corrected chi connectivity index (χ0v) is 13.8. The summed E-state index contributed by atoms with van der Waals surface area (Å²) in [5, 5.41) is 12.8. The predicted octanol–water partition coefficient (Wildman–Crippen LogP) is 2.88. The number of halogens is 2. The Morgan fingerprint density at radius 3 is 2.46 bits per heavy atom. The van der Waals surface area contributed by atoms with E-state index in [0.29, 0.717) is 17.9 Å². The molecule has 2 aromatic rings. The van der Waals surface area contributed by atoms with E-state index in [1.54, 1.807) is 24.3 Å². The number of hydrogen-bond acceptors (Lipinski definition) is 4. The molecule has 0 saturated heterocycles. The average Bonchev–Trinajstić information content (AvgIpc) is 2.52. The van der Waals surface area contributed by atoms with Gasteiger partial charge in [0.25, 0.3) is 0 Å². The Kier molecular flexibility index (Phi) is 6.52. The van der Waals surface area contributed by atoms with Crippen LogP contribution in [0.1, 0.15) is 5.56 Å². The zero-order valence-electron chi connectivity index (χ0n) is 13.8. The molecule has 0 bridgehead atoms. The number of aliphatic hydroxyl groups excluding tert-OH is 1. The van der Waals surface area contributed by atoms with Gasteiger partial charge in [-0.05, 0) is 44.4 Å². The van der Waals surface area contributed by atoms with Gasteiger partial charge in [-0.15, -0.1) is 0 Å². The highest BCUT2D eigenvalue weighted by atomic mass is 19.1. The van der Waals surface area contributed by atoms with Crippen LogP contribution in [-0.4, -0.2) is 43.4 Å². The summed E-state index contributed by atoms with van der Waals surface area (Å²) in [5.41, 5.74) is 1.18. The summed E-state index contributed by atoms with van der Waals surface area (Å²) in [7, 11) is 3.77.